The number of hydrogen-bond acceptors (Lipinski definition) is 6. The van der Waals surface area contributed by atoms with Gasteiger partial charge in [-0.25, -0.2) is 14.4 Å². The van der Waals surface area contributed by atoms with Crippen molar-refractivity contribution in [2.75, 3.05) is 45.9 Å². The summed E-state index contributed by atoms with van der Waals surface area (Å²) in [6.07, 6.45) is 0.890. The number of piperazine rings is 1. The number of carboxylic acids is 2. The van der Waals surface area contributed by atoms with E-state index >= 15 is 0 Å². The number of hydrogen-bond donors (Lipinski definition) is 3. The van der Waals surface area contributed by atoms with E-state index in [4.69, 9.17) is 20.1 Å². The van der Waals surface area contributed by atoms with E-state index in [2.05, 4.69) is 4.90 Å². The summed E-state index contributed by atoms with van der Waals surface area (Å²) in [6.45, 7) is 6.13. The van der Waals surface area contributed by atoms with Crippen molar-refractivity contribution in [1.29, 1.82) is 0 Å². The van der Waals surface area contributed by atoms with Crippen LogP contribution in [-0.2, 0) is 14.3 Å². The molecule has 3 N–H and O–H groups in total. The Morgan fingerprint density at radius 2 is 1.55 bits per heavy atom. The Kier molecular flexibility index (Phi) is 10.4. The lowest BCUT2D eigenvalue weighted by Crippen LogP contribution is -2.49. The highest BCUT2D eigenvalue weighted by Crippen LogP contribution is 2.02. The van der Waals surface area contributed by atoms with E-state index in [-0.39, 0.29) is 12.7 Å². The summed E-state index contributed by atoms with van der Waals surface area (Å²) >= 11 is 0. The van der Waals surface area contributed by atoms with Crippen LogP contribution in [0.2, 0.25) is 0 Å². The zero-order chi connectivity index (χ0) is 17.0. The Bertz CT molecular complexity index is 374. The van der Waals surface area contributed by atoms with Crippen LogP contribution in [0.25, 0.3) is 0 Å². The molecule has 0 aromatic heterocycles. The molecule has 0 aromatic rings. The summed E-state index contributed by atoms with van der Waals surface area (Å²) in [5, 5.41) is 24.4. The third-order valence-corrected chi connectivity index (χ3v) is 2.68. The van der Waals surface area contributed by atoms with Crippen molar-refractivity contribution < 1.29 is 34.4 Å². The van der Waals surface area contributed by atoms with Crippen LogP contribution in [0.3, 0.4) is 0 Å². The number of amides is 1. The van der Waals surface area contributed by atoms with Crippen LogP contribution in [0, 0.1) is 0 Å². The zero-order valence-electron chi connectivity index (χ0n) is 12.5. The maximum atomic E-state index is 11.3. The second-order valence-corrected chi connectivity index (χ2v) is 4.26. The lowest BCUT2D eigenvalue weighted by molar-refractivity contribution is -0.134. The number of carbonyl (C=O) groups excluding carboxylic acids is 1. The number of rotatable bonds is 5. The molecule has 1 fully saturated rings. The third kappa shape index (κ3) is 9.72. The Balaban J connectivity index is 0.000000472. The minimum Gasteiger partial charge on any atom is -0.478 e. The van der Waals surface area contributed by atoms with Gasteiger partial charge in [-0.2, -0.15) is 0 Å². The summed E-state index contributed by atoms with van der Waals surface area (Å²) in [7, 11) is 0. The van der Waals surface area contributed by atoms with Crippen molar-refractivity contribution in [3.8, 4) is 0 Å². The molecule has 126 valence electrons. The molecule has 1 rings (SSSR count). The molecule has 22 heavy (non-hydrogen) atoms. The average molecular weight is 318 g/mol. The number of carboxylic acid groups (broad SMARTS) is 2. The Morgan fingerprint density at radius 3 is 1.91 bits per heavy atom. The van der Waals surface area contributed by atoms with E-state index < -0.39 is 11.9 Å². The van der Waals surface area contributed by atoms with E-state index in [0.29, 0.717) is 38.4 Å². The number of β-amino-alcohol motifs (C(OH)–C–C–N with tert-alkyl or cyclic N) is 1. The molecule has 1 saturated heterocycles. The molecular formula is C13H22N2O7. The third-order valence-electron chi connectivity index (χ3n) is 2.68. The highest BCUT2D eigenvalue weighted by Gasteiger charge is 2.20. The van der Waals surface area contributed by atoms with Gasteiger partial charge in [0.25, 0.3) is 0 Å². The predicted molar refractivity (Wildman–Crippen MR) is 76.5 cm³/mol. The van der Waals surface area contributed by atoms with Crippen LogP contribution in [0.4, 0.5) is 4.79 Å². The molecular weight excluding hydrogens is 296 g/mol. The molecule has 0 radical (unpaired) electrons. The Morgan fingerprint density at radius 1 is 1.05 bits per heavy atom. The summed E-state index contributed by atoms with van der Waals surface area (Å²) < 4.78 is 4.90. The van der Waals surface area contributed by atoms with Gasteiger partial charge in [0.15, 0.2) is 0 Å². The molecule has 0 unspecified atom stereocenters. The van der Waals surface area contributed by atoms with Crippen LogP contribution in [0.5, 0.6) is 0 Å². The fourth-order valence-electron chi connectivity index (χ4n) is 1.65. The predicted octanol–water partition coefficient (Wildman–Crippen LogP) is -0.535. The molecule has 9 nitrogen and oxygen atoms in total. The van der Waals surface area contributed by atoms with Gasteiger partial charge in [0.05, 0.1) is 13.2 Å². The van der Waals surface area contributed by atoms with Gasteiger partial charge in [-0.15, -0.1) is 0 Å². The van der Waals surface area contributed by atoms with Gasteiger partial charge in [0.2, 0.25) is 0 Å². The van der Waals surface area contributed by atoms with Gasteiger partial charge in [0.1, 0.15) is 0 Å². The molecule has 9 heteroatoms. The number of nitrogens with zero attached hydrogens (tertiary/aromatic N) is 2. The second kappa shape index (κ2) is 11.5. The fourth-order valence-corrected chi connectivity index (χ4v) is 1.65. The Hall–Kier alpha value is -2.13. The van der Waals surface area contributed by atoms with Crippen molar-refractivity contribution in [2.24, 2.45) is 0 Å². The van der Waals surface area contributed by atoms with E-state index in [0.717, 1.165) is 13.1 Å². The molecule has 0 spiro atoms. The van der Waals surface area contributed by atoms with E-state index in [9.17, 15) is 14.4 Å². The van der Waals surface area contributed by atoms with E-state index in [1.807, 2.05) is 0 Å². The van der Waals surface area contributed by atoms with Gasteiger partial charge < -0.3 is 25.0 Å². The number of aliphatic carboxylic acids is 2. The van der Waals surface area contributed by atoms with Crippen LogP contribution in [0.15, 0.2) is 12.2 Å². The summed E-state index contributed by atoms with van der Waals surface area (Å²) in [6, 6.07) is 0. The Labute approximate surface area is 128 Å². The number of ether oxygens (including phenoxy) is 1. The highest BCUT2D eigenvalue weighted by atomic mass is 16.6. The SMILES string of the molecule is CCOC(=O)N1CCN(CCO)CC1.O=C(O)/C=C\C(=O)O. The summed E-state index contributed by atoms with van der Waals surface area (Å²) in [4.78, 5) is 34.2. The van der Waals surface area contributed by atoms with Crippen LogP contribution < -0.4 is 0 Å². The number of carbonyl (C=O) groups is 3. The van der Waals surface area contributed by atoms with Gasteiger partial charge in [0, 0.05) is 44.9 Å². The lowest BCUT2D eigenvalue weighted by Gasteiger charge is -2.33. The molecule has 0 bridgehead atoms. The van der Waals surface area contributed by atoms with Crippen molar-refractivity contribution in [3.05, 3.63) is 12.2 Å². The normalized spacial score (nSPS) is 15.1. The first kappa shape index (κ1) is 19.9. The highest BCUT2D eigenvalue weighted by molar-refractivity contribution is 5.89. The topological polar surface area (TPSA) is 128 Å². The van der Waals surface area contributed by atoms with Crippen molar-refractivity contribution >= 4 is 18.0 Å². The quantitative estimate of drug-likeness (QED) is 0.577. The van der Waals surface area contributed by atoms with E-state index in [1.165, 1.54) is 0 Å². The largest absolute Gasteiger partial charge is 0.478 e. The molecule has 0 atom stereocenters. The van der Waals surface area contributed by atoms with Gasteiger partial charge >= 0.3 is 18.0 Å². The number of aliphatic hydroxyl groups excluding tert-OH is 1. The van der Waals surface area contributed by atoms with E-state index in [1.54, 1.807) is 11.8 Å². The molecule has 0 aromatic carbocycles. The molecule has 1 amide bonds. The molecule has 1 aliphatic rings. The van der Waals surface area contributed by atoms with Crippen LogP contribution in [0.1, 0.15) is 6.92 Å². The first-order valence-electron chi connectivity index (χ1n) is 6.79. The van der Waals surface area contributed by atoms with Gasteiger partial charge in [-0.1, -0.05) is 0 Å². The lowest BCUT2D eigenvalue weighted by atomic mass is 10.3. The zero-order valence-corrected chi connectivity index (χ0v) is 12.5. The maximum Gasteiger partial charge on any atom is 0.409 e. The molecule has 0 saturated carbocycles. The average Bonchev–Trinajstić information content (AvgIpc) is 2.47. The van der Waals surface area contributed by atoms with Gasteiger partial charge in [-0.05, 0) is 6.92 Å². The first-order chi connectivity index (χ1) is 10.4. The maximum absolute atomic E-state index is 11.3. The van der Waals surface area contributed by atoms with Crippen LogP contribution >= 0.6 is 0 Å². The first-order valence-corrected chi connectivity index (χ1v) is 6.79. The summed E-state index contributed by atoms with van der Waals surface area (Å²) in [5.74, 6) is -2.51. The summed E-state index contributed by atoms with van der Waals surface area (Å²) in [5.41, 5.74) is 0. The van der Waals surface area contributed by atoms with Crippen molar-refractivity contribution in [2.45, 2.75) is 6.92 Å². The van der Waals surface area contributed by atoms with Crippen LogP contribution in [-0.4, -0.2) is 89.1 Å². The molecule has 1 aliphatic heterocycles. The second-order valence-electron chi connectivity index (χ2n) is 4.26. The minimum atomic E-state index is -1.26. The molecule has 1 heterocycles. The van der Waals surface area contributed by atoms with Crippen molar-refractivity contribution in [1.82, 2.24) is 9.80 Å². The van der Waals surface area contributed by atoms with Gasteiger partial charge in [-0.3, -0.25) is 4.90 Å². The van der Waals surface area contributed by atoms with Crippen molar-refractivity contribution in [3.63, 3.8) is 0 Å². The standard InChI is InChI=1S/C9H18N2O3.C4H4O4/c1-2-14-9(13)11-5-3-10(4-6-11)7-8-12;5-3(6)1-2-4(7)8/h12H,2-8H2,1H3;1-2H,(H,5,6)(H,7,8)/b;2-1-. The monoisotopic (exact) mass is 318 g/mol. The smallest absolute Gasteiger partial charge is 0.409 e. The fraction of sp³-hybridized carbons (Fsp3) is 0.615. The molecule has 0 aliphatic carbocycles. The number of aliphatic hydroxyl groups is 1. The minimum absolute atomic E-state index is 0.180.